The molecule has 0 radical (unpaired) electrons. The molecule has 4 nitrogen and oxygen atoms in total. The first kappa shape index (κ1) is 12.4. The predicted octanol–water partition coefficient (Wildman–Crippen LogP) is 2.53. The Labute approximate surface area is 113 Å². The fourth-order valence-electron chi connectivity index (χ4n) is 2.66. The summed E-state index contributed by atoms with van der Waals surface area (Å²) in [5.41, 5.74) is 1.04. The first-order valence-electron chi connectivity index (χ1n) is 7.09. The molecule has 19 heavy (non-hydrogen) atoms. The summed E-state index contributed by atoms with van der Waals surface area (Å²) in [6.07, 6.45) is 2.26. The summed E-state index contributed by atoms with van der Waals surface area (Å²) in [7, 11) is 0. The molecule has 0 amide bonds. The summed E-state index contributed by atoms with van der Waals surface area (Å²) < 4.78 is 0. The normalized spacial score (nSPS) is 16.7. The minimum Gasteiger partial charge on any atom is -0.370 e. The van der Waals surface area contributed by atoms with E-state index in [2.05, 4.69) is 29.7 Å². The van der Waals surface area contributed by atoms with E-state index >= 15 is 0 Å². The van der Waals surface area contributed by atoms with Gasteiger partial charge in [0.1, 0.15) is 11.6 Å². The molecule has 2 heterocycles. The van der Waals surface area contributed by atoms with Crippen LogP contribution in [-0.4, -0.2) is 29.6 Å². The molecule has 0 aliphatic carbocycles. The molecule has 1 saturated heterocycles. The lowest BCUT2D eigenvalue weighted by Gasteiger charge is -2.22. The van der Waals surface area contributed by atoms with Crippen molar-refractivity contribution in [3.63, 3.8) is 0 Å². The number of aromatic nitrogens is 2. The first-order valence-corrected chi connectivity index (χ1v) is 7.09. The molecule has 1 fully saturated rings. The fraction of sp³-hybridized carbons (Fsp3) is 0.467. The Hall–Kier alpha value is -1.68. The number of nitrogens with zero attached hydrogens (tertiary/aromatic N) is 2. The molecule has 3 rings (SSSR count). The van der Waals surface area contributed by atoms with Gasteiger partial charge in [-0.3, -0.25) is 0 Å². The lowest BCUT2D eigenvalue weighted by Crippen LogP contribution is -2.27. The summed E-state index contributed by atoms with van der Waals surface area (Å²) in [6, 6.07) is 8.23. The maximum absolute atomic E-state index is 4.76. The van der Waals surface area contributed by atoms with Crippen molar-refractivity contribution in [3.05, 3.63) is 30.1 Å². The summed E-state index contributed by atoms with van der Waals surface area (Å²) in [6.45, 7) is 5.11. The van der Waals surface area contributed by atoms with E-state index in [0.29, 0.717) is 5.92 Å². The Bertz CT molecular complexity index is 561. The van der Waals surface area contributed by atoms with Crippen LogP contribution in [0.3, 0.4) is 0 Å². The first-order chi connectivity index (χ1) is 9.38. The van der Waals surface area contributed by atoms with Crippen LogP contribution in [0.4, 0.5) is 5.82 Å². The second-order valence-corrected chi connectivity index (χ2v) is 5.00. The van der Waals surface area contributed by atoms with E-state index in [-0.39, 0.29) is 0 Å². The molecule has 0 bridgehead atoms. The second kappa shape index (κ2) is 5.53. The average molecular weight is 256 g/mol. The highest BCUT2D eigenvalue weighted by atomic mass is 15.0. The van der Waals surface area contributed by atoms with Gasteiger partial charge in [-0.1, -0.05) is 12.1 Å². The third-order valence-corrected chi connectivity index (χ3v) is 3.67. The van der Waals surface area contributed by atoms with E-state index in [1.807, 2.05) is 12.1 Å². The summed E-state index contributed by atoms with van der Waals surface area (Å²) in [4.78, 5) is 9.53. The molecule has 0 unspecified atom stereocenters. The Morgan fingerprint density at radius 1 is 1.21 bits per heavy atom. The number of piperidine rings is 1. The number of para-hydroxylation sites is 1. The molecule has 0 spiro atoms. The molecule has 1 aliphatic rings. The lowest BCUT2D eigenvalue weighted by molar-refractivity contribution is 0.446. The highest BCUT2D eigenvalue weighted by Gasteiger charge is 2.19. The Balaban J connectivity index is 2.04. The molecule has 2 aromatic rings. The topological polar surface area (TPSA) is 49.8 Å². The smallest absolute Gasteiger partial charge is 0.137 e. The van der Waals surface area contributed by atoms with Gasteiger partial charge in [0.05, 0.1) is 5.52 Å². The van der Waals surface area contributed by atoms with Gasteiger partial charge in [0.15, 0.2) is 0 Å². The number of benzene rings is 1. The van der Waals surface area contributed by atoms with Gasteiger partial charge in [-0.15, -0.1) is 0 Å². The Morgan fingerprint density at radius 3 is 2.79 bits per heavy atom. The van der Waals surface area contributed by atoms with Crippen LogP contribution < -0.4 is 10.6 Å². The van der Waals surface area contributed by atoms with Crippen molar-refractivity contribution in [3.8, 4) is 0 Å². The molecule has 4 heteroatoms. The van der Waals surface area contributed by atoms with Gasteiger partial charge >= 0.3 is 0 Å². The molecular formula is C15H20N4. The van der Waals surface area contributed by atoms with Crippen LogP contribution >= 0.6 is 0 Å². The maximum atomic E-state index is 4.76. The highest BCUT2D eigenvalue weighted by Crippen LogP contribution is 2.27. The van der Waals surface area contributed by atoms with Gasteiger partial charge in [-0.2, -0.15) is 0 Å². The van der Waals surface area contributed by atoms with E-state index < -0.39 is 0 Å². The molecule has 100 valence electrons. The number of hydrogen-bond donors (Lipinski definition) is 2. The second-order valence-electron chi connectivity index (χ2n) is 5.00. The van der Waals surface area contributed by atoms with Crippen molar-refractivity contribution in [2.75, 3.05) is 25.0 Å². The van der Waals surface area contributed by atoms with Gasteiger partial charge in [-0.25, -0.2) is 9.97 Å². The Kier molecular flexibility index (Phi) is 3.60. The van der Waals surface area contributed by atoms with Gasteiger partial charge in [0.2, 0.25) is 0 Å². The minimum absolute atomic E-state index is 0.489. The van der Waals surface area contributed by atoms with E-state index in [4.69, 9.17) is 9.97 Å². The number of hydrogen-bond acceptors (Lipinski definition) is 4. The van der Waals surface area contributed by atoms with E-state index in [1.54, 1.807) is 0 Å². The molecule has 1 aromatic heterocycles. The maximum Gasteiger partial charge on any atom is 0.137 e. The SMILES string of the molecule is CCNc1nc(C2CCNCC2)nc2ccccc12. The molecule has 0 saturated carbocycles. The average Bonchev–Trinajstić information content (AvgIpc) is 2.48. The van der Waals surface area contributed by atoms with Crippen LogP contribution in [0.5, 0.6) is 0 Å². The van der Waals surface area contributed by atoms with E-state index in [1.165, 1.54) is 0 Å². The number of anilines is 1. The van der Waals surface area contributed by atoms with E-state index in [9.17, 15) is 0 Å². The molecular weight excluding hydrogens is 236 g/mol. The van der Waals surface area contributed by atoms with Crippen molar-refractivity contribution in [2.45, 2.75) is 25.7 Å². The van der Waals surface area contributed by atoms with E-state index in [0.717, 1.165) is 55.0 Å². The van der Waals surface area contributed by atoms with Crippen molar-refractivity contribution in [1.29, 1.82) is 0 Å². The van der Waals surface area contributed by atoms with Crippen LogP contribution in [0.25, 0.3) is 10.9 Å². The molecule has 0 atom stereocenters. The summed E-state index contributed by atoms with van der Waals surface area (Å²) in [5, 5.41) is 7.87. The molecule has 1 aliphatic heterocycles. The fourth-order valence-corrected chi connectivity index (χ4v) is 2.66. The largest absolute Gasteiger partial charge is 0.370 e. The Morgan fingerprint density at radius 2 is 2.00 bits per heavy atom. The third-order valence-electron chi connectivity index (χ3n) is 3.67. The van der Waals surface area contributed by atoms with Crippen LogP contribution in [0.1, 0.15) is 31.5 Å². The van der Waals surface area contributed by atoms with Gasteiger partial charge in [0.25, 0.3) is 0 Å². The van der Waals surface area contributed by atoms with Crippen molar-refractivity contribution >= 4 is 16.7 Å². The quantitative estimate of drug-likeness (QED) is 0.886. The lowest BCUT2D eigenvalue weighted by atomic mass is 9.97. The number of rotatable bonds is 3. The predicted molar refractivity (Wildman–Crippen MR) is 78.5 cm³/mol. The van der Waals surface area contributed by atoms with Gasteiger partial charge in [0, 0.05) is 17.8 Å². The van der Waals surface area contributed by atoms with Crippen LogP contribution in [-0.2, 0) is 0 Å². The zero-order valence-corrected chi connectivity index (χ0v) is 11.3. The zero-order chi connectivity index (χ0) is 13.1. The molecule has 2 N–H and O–H groups in total. The number of fused-ring (bicyclic) bond motifs is 1. The number of nitrogens with one attached hydrogen (secondary N) is 2. The molecule has 1 aromatic carbocycles. The third kappa shape index (κ3) is 2.54. The van der Waals surface area contributed by atoms with Crippen molar-refractivity contribution in [1.82, 2.24) is 15.3 Å². The zero-order valence-electron chi connectivity index (χ0n) is 11.3. The summed E-state index contributed by atoms with van der Waals surface area (Å²) >= 11 is 0. The highest BCUT2D eigenvalue weighted by molar-refractivity contribution is 5.89. The van der Waals surface area contributed by atoms with Crippen molar-refractivity contribution in [2.24, 2.45) is 0 Å². The van der Waals surface area contributed by atoms with Gasteiger partial charge < -0.3 is 10.6 Å². The monoisotopic (exact) mass is 256 g/mol. The van der Waals surface area contributed by atoms with Crippen LogP contribution in [0.2, 0.25) is 0 Å². The minimum atomic E-state index is 0.489. The van der Waals surface area contributed by atoms with Crippen LogP contribution in [0, 0.1) is 0 Å². The summed E-state index contributed by atoms with van der Waals surface area (Å²) in [5.74, 6) is 2.46. The van der Waals surface area contributed by atoms with Gasteiger partial charge in [-0.05, 0) is 45.0 Å². The van der Waals surface area contributed by atoms with Crippen molar-refractivity contribution < 1.29 is 0 Å². The standard InChI is InChI=1S/C15H20N4/c1-2-17-15-12-5-3-4-6-13(12)18-14(19-15)11-7-9-16-10-8-11/h3-6,11,16H,2,7-10H2,1H3,(H,17,18,19). The van der Waals surface area contributed by atoms with Crippen LogP contribution in [0.15, 0.2) is 24.3 Å².